The fourth-order valence-corrected chi connectivity index (χ4v) is 3.54. The summed E-state index contributed by atoms with van der Waals surface area (Å²) in [5.74, 6) is 0.962. The van der Waals surface area contributed by atoms with Crippen LogP contribution in [0.15, 0.2) is 54.7 Å². The highest BCUT2D eigenvalue weighted by atomic mass is 16.5. The highest BCUT2D eigenvalue weighted by Crippen LogP contribution is 2.30. The molecule has 31 heavy (non-hydrogen) atoms. The molecule has 0 spiro atoms. The first-order valence-corrected chi connectivity index (χ1v) is 10.1. The molecule has 0 atom stereocenters. The van der Waals surface area contributed by atoms with Crippen molar-refractivity contribution in [3.05, 3.63) is 88.5 Å². The number of carbonyl (C=O) groups is 1. The average Bonchev–Trinajstić information content (AvgIpc) is 3.15. The molecule has 2 aromatic carbocycles. The molecule has 0 N–H and O–H groups in total. The fraction of sp³-hybridized carbons (Fsp3) is 0.208. The molecule has 0 aliphatic carbocycles. The largest absolute Gasteiger partial charge is 0.462 e. The van der Waals surface area contributed by atoms with Gasteiger partial charge in [-0.1, -0.05) is 25.0 Å². The van der Waals surface area contributed by atoms with Gasteiger partial charge in [-0.3, -0.25) is 4.98 Å². The molecule has 7 heteroatoms. The van der Waals surface area contributed by atoms with Crippen molar-refractivity contribution in [2.24, 2.45) is 0 Å². The lowest BCUT2D eigenvalue weighted by atomic mass is 9.64. The number of hydrogen-bond donors (Lipinski definition) is 0. The summed E-state index contributed by atoms with van der Waals surface area (Å²) < 4.78 is 17.0. The van der Waals surface area contributed by atoms with Gasteiger partial charge in [-0.05, 0) is 48.3 Å². The molecule has 0 amide bonds. The Bertz CT molecular complexity index is 1160. The summed E-state index contributed by atoms with van der Waals surface area (Å²) in [6.07, 6.45) is 1.99. The van der Waals surface area contributed by atoms with Crippen molar-refractivity contribution in [3.8, 4) is 11.5 Å². The molecular formula is C24H21BN2O4. The Labute approximate surface area is 181 Å². The maximum Gasteiger partial charge on any atom is 0.338 e. The smallest absolute Gasteiger partial charge is 0.338 e. The van der Waals surface area contributed by atoms with Crippen molar-refractivity contribution >= 4 is 24.0 Å². The number of benzene rings is 2. The Morgan fingerprint density at radius 2 is 2.10 bits per heavy atom. The van der Waals surface area contributed by atoms with E-state index in [1.165, 1.54) is 5.46 Å². The molecule has 1 aromatic heterocycles. The third-order valence-electron chi connectivity index (χ3n) is 5.15. The van der Waals surface area contributed by atoms with E-state index in [9.17, 15) is 4.79 Å². The van der Waals surface area contributed by atoms with E-state index in [0.717, 1.165) is 16.8 Å². The SMILES string of the molecule is [C-]#[N+]c1ccc(Cc2cc(C(=O)OCC)ccc2Oc2ccc3c(c2)COB3C)nc1. The van der Waals surface area contributed by atoms with E-state index in [1.54, 1.807) is 37.4 Å². The zero-order chi connectivity index (χ0) is 21.8. The zero-order valence-electron chi connectivity index (χ0n) is 17.4. The van der Waals surface area contributed by atoms with Crippen LogP contribution in [0.25, 0.3) is 4.85 Å². The van der Waals surface area contributed by atoms with Gasteiger partial charge < -0.3 is 14.1 Å². The predicted octanol–water partition coefficient (Wildman–Crippen LogP) is 4.55. The Hall–Kier alpha value is -3.63. The Kier molecular flexibility index (Phi) is 6.01. The van der Waals surface area contributed by atoms with Crippen LogP contribution in [0.5, 0.6) is 11.5 Å². The molecular weight excluding hydrogens is 391 g/mol. The van der Waals surface area contributed by atoms with Gasteiger partial charge in [0.2, 0.25) is 5.69 Å². The second kappa shape index (κ2) is 9.03. The van der Waals surface area contributed by atoms with Crippen molar-refractivity contribution in [1.29, 1.82) is 0 Å². The van der Waals surface area contributed by atoms with E-state index in [0.29, 0.717) is 42.4 Å². The molecule has 0 bridgehead atoms. The van der Waals surface area contributed by atoms with Gasteiger partial charge in [-0.15, -0.1) is 0 Å². The minimum atomic E-state index is -0.379. The van der Waals surface area contributed by atoms with E-state index in [1.807, 2.05) is 31.1 Å². The van der Waals surface area contributed by atoms with Gasteiger partial charge in [0.25, 0.3) is 0 Å². The van der Waals surface area contributed by atoms with Gasteiger partial charge in [-0.25, -0.2) is 9.64 Å². The monoisotopic (exact) mass is 412 g/mol. The van der Waals surface area contributed by atoms with Crippen LogP contribution in [0.1, 0.15) is 34.1 Å². The number of hydrogen-bond acceptors (Lipinski definition) is 5. The first-order valence-electron chi connectivity index (χ1n) is 10.1. The molecule has 2 heterocycles. The molecule has 0 unspecified atom stereocenters. The summed E-state index contributed by atoms with van der Waals surface area (Å²) in [7, 11) is 0. The summed E-state index contributed by atoms with van der Waals surface area (Å²) in [5, 5.41) is 0. The lowest BCUT2D eigenvalue weighted by Crippen LogP contribution is -2.23. The average molecular weight is 412 g/mol. The highest BCUT2D eigenvalue weighted by Gasteiger charge is 2.23. The maximum atomic E-state index is 12.2. The fourth-order valence-electron chi connectivity index (χ4n) is 3.54. The number of rotatable bonds is 6. The second-order valence-corrected chi connectivity index (χ2v) is 7.26. The number of ether oxygens (including phenoxy) is 2. The third kappa shape index (κ3) is 4.60. The summed E-state index contributed by atoms with van der Waals surface area (Å²) >= 11 is 0. The van der Waals surface area contributed by atoms with Gasteiger partial charge in [0.1, 0.15) is 11.5 Å². The second-order valence-electron chi connectivity index (χ2n) is 7.26. The molecule has 6 nitrogen and oxygen atoms in total. The van der Waals surface area contributed by atoms with Crippen LogP contribution in [0, 0.1) is 6.57 Å². The summed E-state index contributed by atoms with van der Waals surface area (Å²) in [6.45, 7) is 11.9. The first kappa shape index (κ1) is 20.6. The van der Waals surface area contributed by atoms with Gasteiger partial charge >= 0.3 is 12.9 Å². The Morgan fingerprint density at radius 1 is 1.23 bits per heavy atom. The molecule has 4 rings (SSSR count). The van der Waals surface area contributed by atoms with E-state index < -0.39 is 0 Å². The lowest BCUT2D eigenvalue weighted by molar-refractivity contribution is 0.0526. The number of nitrogens with zero attached hydrogens (tertiary/aromatic N) is 2. The van der Waals surface area contributed by atoms with Crippen LogP contribution in [0.4, 0.5) is 5.69 Å². The van der Waals surface area contributed by atoms with Crippen LogP contribution in [0.2, 0.25) is 6.82 Å². The van der Waals surface area contributed by atoms with Gasteiger partial charge in [0.05, 0.1) is 25.3 Å². The minimum Gasteiger partial charge on any atom is -0.462 e. The van der Waals surface area contributed by atoms with E-state index in [-0.39, 0.29) is 12.9 Å². The number of aromatic nitrogens is 1. The Morgan fingerprint density at radius 3 is 2.84 bits per heavy atom. The minimum absolute atomic E-state index is 0.0907. The number of fused-ring (bicyclic) bond motifs is 1. The van der Waals surface area contributed by atoms with Crippen LogP contribution < -0.4 is 10.2 Å². The predicted molar refractivity (Wildman–Crippen MR) is 118 cm³/mol. The normalized spacial score (nSPS) is 12.2. The lowest BCUT2D eigenvalue weighted by Gasteiger charge is -2.14. The van der Waals surface area contributed by atoms with Gasteiger partial charge in [0, 0.05) is 23.9 Å². The van der Waals surface area contributed by atoms with Crippen LogP contribution in [-0.4, -0.2) is 24.5 Å². The Balaban J connectivity index is 1.65. The quantitative estimate of drug-likeness (QED) is 0.338. The molecule has 3 aromatic rings. The van der Waals surface area contributed by atoms with Crippen LogP contribution >= 0.6 is 0 Å². The van der Waals surface area contributed by atoms with Crippen molar-refractivity contribution in [2.45, 2.75) is 26.8 Å². The number of carbonyl (C=O) groups excluding carboxylic acids is 1. The van der Waals surface area contributed by atoms with E-state index in [2.05, 4.69) is 9.83 Å². The first-order chi connectivity index (χ1) is 15.1. The molecule has 0 saturated heterocycles. The summed E-state index contributed by atoms with van der Waals surface area (Å²) in [4.78, 5) is 20.0. The number of pyridine rings is 1. The van der Waals surface area contributed by atoms with Crippen molar-refractivity contribution in [2.75, 3.05) is 6.61 Å². The molecule has 154 valence electrons. The standard InChI is InChI=1S/C24H21BN2O4/c1-4-29-24(28)16-5-10-23(17(11-16)12-19-6-7-20(26-3)14-27-19)31-21-8-9-22-18(13-21)15-30-25(22)2/h5-11,13-14H,4,12,15H2,1-2H3. The van der Waals surface area contributed by atoms with E-state index in [4.69, 9.17) is 20.7 Å². The molecule has 1 aliphatic heterocycles. The van der Waals surface area contributed by atoms with Crippen molar-refractivity contribution < 1.29 is 18.9 Å². The van der Waals surface area contributed by atoms with Gasteiger partial charge in [0.15, 0.2) is 0 Å². The van der Waals surface area contributed by atoms with Crippen molar-refractivity contribution in [3.63, 3.8) is 0 Å². The highest BCUT2D eigenvalue weighted by molar-refractivity contribution is 6.67. The van der Waals surface area contributed by atoms with E-state index >= 15 is 0 Å². The maximum absolute atomic E-state index is 12.2. The number of esters is 1. The molecule has 0 saturated carbocycles. The summed E-state index contributed by atoms with van der Waals surface area (Å²) in [6, 6.07) is 14.7. The van der Waals surface area contributed by atoms with Gasteiger partial charge in [-0.2, -0.15) is 0 Å². The molecule has 1 aliphatic rings. The van der Waals surface area contributed by atoms with Crippen molar-refractivity contribution in [1.82, 2.24) is 4.98 Å². The third-order valence-corrected chi connectivity index (χ3v) is 5.15. The zero-order valence-corrected chi connectivity index (χ0v) is 17.4. The van der Waals surface area contributed by atoms with Crippen LogP contribution in [0.3, 0.4) is 0 Å². The van der Waals surface area contributed by atoms with Crippen LogP contribution in [-0.2, 0) is 22.4 Å². The molecule has 0 fully saturated rings. The topological polar surface area (TPSA) is 62.0 Å². The summed E-state index contributed by atoms with van der Waals surface area (Å²) in [5.41, 5.74) is 4.81. The molecule has 0 radical (unpaired) electrons.